The molecule has 38 heteroatoms. The number of nitrogens with zero attached hydrogens (tertiary/aromatic N) is 13. The van der Waals surface area contributed by atoms with Crippen LogP contribution in [0.1, 0.15) is 241 Å². The first-order chi connectivity index (χ1) is 70.7. The number of hydrogen-bond donors (Lipinski definition) is 10. The fourth-order valence-corrected chi connectivity index (χ4v) is 21.9. The van der Waals surface area contributed by atoms with E-state index in [0.29, 0.717) is 220 Å². The number of carbonyl (C=O) groups excluding carboxylic acids is 7. The van der Waals surface area contributed by atoms with E-state index in [1.54, 1.807) is 92.8 Å². The van der Waals surface area contributed by atoms with Crippen LogP contribution in [0.15, 0.2) is 131 Å². The fourth-order valence-electron chi connectivity index (χ4n) is 21.9. The number of carbonyl (C=O) groups is 8. The largest absolute Gasteiger partial charge is 0.508 e. The number of phenolic OH excluding ortho intramolecular Hbond substituents is 6. The van der Waals surface area contributed by atoms with E-state index in [2.05, 4.69) is 46.1 Å². The van der Waals surface area contributed by atoms with Crippen molar-refractivity contribution in [3.63, 3.8) is 0 Å². The average molecular weight is 2060 g/mol. The summed E-state index contributed by atoms with van der Waals surface area (Å²) in [6.07, 6.45) is 6.17. The zero-order valence-corrected chi connectivity index (χ0v) is 85.2. The van der Waals surface area contributed by atoms with Crippen molar-refractivity contribution in [2.75, 3.05) is 65.4 Å². The number of esters is 4. The minimum atomic E-state index is -1.84. The number of aromatic hydroxyl groups is 6. The van der Waals surface area contributed by atoms with Crippen molar-refractivity contribution < 1.29 is 93.0 Å². The SMILES string of the molecule is C.CCNC(=O)c1nnc(-c2cc(C(C)C)c(O)cc2O)n1-c1ccc(CN2CCC(C(=O)N3CCC(C(=O)OC4(CC)C(=O)OCc5c4cc4n(c5=O)Cc5c-4nc4ccc(O)cc4c5CC)CC3)CC2)cc1.CCNC(=O)c1nnc(-c2cc(C(C)C)c(O)cc2O)n1-c1ccc(CN2CCC(C(=O)O)CC2)cc1.CCc1c2c(nc3ccc(O)cc13)-c1cc3c(c(=O)n1C2)COC(=O)C3(CC)OC(=O)C1CCNCC1.Cl. The predicted octanol–water partition coefficient (Wildman–Crippen LogP) is 14.1. The van der Waals surface area contributed by atoms with Crippen LogP contribution < -0.4 is 27.1 Å². The molecule has 10 N–H and O–H groups in total. The maximum absolute atomic E-state index is 14.2. The van der Waals surface area contributed by atoms with Crippen molar-refractivity contribution in [2.24, 2.45) is 23.7 Å². The quantitative estimate of drug-likeness (QED) is 0.0198. The summed E-state index contributed by atoms with van der Waals surface area (Å²) in [6, 6.07) is 34.9. The Bertz CT molecular complexity index is 7350. The van der Waals surface area contributed by atoms with Gasteiger partial charge in [0.15, 0.2) is 11.6 Å². The number of aromatic nitrogens is 10. The van der Waals surface area contributed by atoms with Gasteiger partial charge in [0.2, 0.25) is 28.8 Å². The summed E-state index contributed by atoms with van der Waals surface area (Å²) in [5, 5.41) is 99.3. The Hall–Kier alpha value is -15.0. The maximum atomic E-state index is 14.2. The van der Waals surface area contributed by atoms with Crippen LogP contribution in [0.4, 0.5) is 0 Å². The number of hydrogen-bond acceptors (Lipinski definition) is 29. The Morgan fingerprint density at radius 1 is 0.470 bits per heavy atom. The lowest BCUT2D eigenvalue weighted by atomic mass is 9.85. The molecule has 0 aliphatic carbocycles. The van der Waals surface area contributed by atoms with Gasteiger partial charge < -0.3 is 84.7 Å². The number of pyridine rings is 4. The number of phenols is 6. The smallest absolute Gasteiger partial charge is 0.355 e. The van der Waals surface area contributed by atoms with E-state index in [1.807, 2.05) is 109 Å². The molecule has 2 atom stereocenters. The third-order valence-electron chi connectivity index (χ3n) is 30.1. The fraction of sp³-hybridized carbons (Fsp3) is 0.423. The Balaban J connectivity index is 0.000000175. The first-order valence-corrected chi connectivity index (χ1v) is 50.8. The second-order valence-corrected chi connectivity index (χ2v) is 39.6. The minimum Gasteiger partial charge on any atom is -0.508 e. The molecule has 0 spiro atoms. The summed E-state index contributed by atoms with van der Waals surface area (Å²) in [4.78, 5) is 150. The summed E-state index contributed by atoms with van der Waals surface area (Å²) >= 11 is 0. The number of cyclic esters (lactones) is 2. The molecule has 14 heterocycles. The van der Waals surface area contributed by atoms with Gasteiger partial charge in [0.05, 0.1) is 86.9 Å². The molecule has 8 aliphatic rings. The Morgan fingerprint density at radius 2 is 0.859 bits per heavy atom. The van der Waals surface area contributed by atoms with Crippen molar-refractivity contribution in [1.29, 1.82) is 0 Å². The lowest BCUT2D eigenvalue weighted by molar-refractivity contribution is -0.193. The van der Waals surface area contributed by atoms with Crippen LogP contribution in [-0.2, 0) is 111 Å². The highest BCUT2D eigenvalue weighted by molar-refractivity contribution is 5.96. The standard InChI is InChI=1S/C55H60N8O10.C28H29N3O6.C27H33N5O5.CH4.ClH/c1-6-36-38-23-35(64)13-14-43(38)57-47-40(36)28-62-44(47)25-42-41(52(62)69)29-72-54(71)55(42,7-2)73-53(70)33-17-21-61(22-18-33)51(68)32-15-19-60(20-16-32)27-31-9-11-34(12-10-31)63-48(58-59-49(63)50(67)56-8-3)39-24-37(30(4)5)45(65)26-46(39)66;1-3-17-18-11-16(32)5-6-22(18)30-24-19(17)13-31-23(24)12-21-20(25(31)33)14-36-27(35)28(21,4-2)37-26(34)15-7-9-29-10-8-15;1-4-28-26(35)25-30-29-24(21-13-20(16(2)3)22(33)14-23(21)34)32(25)19-7-5-17(6-8-19)15-31-11-9-18(10-12-31)27(36)37;;/h9-14,23-26,30,32-33,64-66H,6-8,15-22,27-29H2,1-5H3,(H,56,67);5-6,11-12,15,29,32H,3-4,7-10,13-14H2,1-2H3;5-8,13-14,16,18,33-34H,4,9-12,15H2,1-3H3,(H,28,35)(H,36,37);1H4;1H. The number of ether oxygens (including phenoxy) is 4. The second-order valence-electron chi connectivity index (χ2n) is 39.6. The monoisotopic (exact) mass is 2050 g/mol. The number of benzene rings is 6. The van der Waals surface area contributed by atoms with E-state index in [1.165, 1.54) is 12.1 Å². The molecule has 12 aromatic rings. The molecule has 0 saturated carbocycles. The van der Waals surface area contributed by atoms with Gasteiger partial charge in [0.1, 0.15) is 47.7 Å². The van der Waals surface area contributed by atoms with Gasteiger partial charge in [-0.1, -0.05) is 87.1 Å². The number of nitrogens with one attached hydrogen (secondary N) is 3. The van der Waals surface area contributed by atoms with Crippen LogP contribution in [0.3, 0.4) is 0 Å². The topological polar surface area (TPSA) is 492 Å². The molecule has 2 unspecified atom stereocenters. The number of aryl methyl sites for hydroxylation is 2. The van der Waals surface area contributed by atoms with Crippen molar-refractivity contribution in [3.8, 4) is 91.4 Å². The van der Waals surface area contributed by atoms with Gasteiger partial charge in [0.25, 0.3) is 22.9 Å². The number of carboxylic acid groups (broad SMARTS) is 1. The number of halogens is 1. The molecule has 37 nitrogen and oxygen atoms in total. The average Bonchev–Trinajstić information content (AvgIpc) is 1.71. The van der Waals surface area contributed by atoms with E-state index in [4.69, 9.17) is 28.9 Å². The lowest BCUT2D eigenvalue weighted by Gasteiger charge is -2.39. The number of fused-ring (bicyclic) bond motifs is 10. The van der Waals surface area contributed by atoms with Gasteiger partial charge >= 0.3 is 29.8 Å². The van der Waals surface area contributed by atoms with Crippen molar-refractivity contribution in [2.45, 2.75) is 216 Å². The Morgan fingerprint density at radius 3 is 1.23 bits per heavy atom. The zero-order valence-electron chi connectivity index (χ0n) is 84.4. The molecule has 6 aromatic heterocycles. The molecule has 0 bridgehead atoms. The van der Waals surface area contributed by atoms with Crippen LogP contribution in [-0.4, -0.2) is 212 Å². The van der Waals surface area contributed by atoms with Crippen molar-refractivity contribution >= 4 is 81.8 Å². The number of carboxylic acids is 1. The van der Waals surface area contributed by atoms with Gasteiger partial charge in [-0.2, -0.15) is 0 Å². The van der Waals surface area contributed by atoms with Crippen LogP contribution >= 0.6 is 12.4 Å². The third-order valence-corrected chi connectivity index (χ3v) is 30.1. The van der Waals surface area contributed by atoms with E-state index < -0.39 is 58.8 Å². The normalized spacial score (nSPS) is 17.7. The van der Waals surface area contributed by atoms with E-state index in [-0.39, 0.29) is 162 Å². The highest BCUT2D eigenvalue weighted by Gasteiger charge is 2.54. The van der Waals surface area contributed by atoms with Crippen LogP contribution in [0.5, 0.6) is 34.5 Å². The molecular formula is C111H127ClN16O21. The molecule has 149 heavy (non-hydrogen) atoms. The number of rotatable bonds is 24. The highest BCUT2D eigenvalue weighted by Crippen LogP contribution is 2.49. The summed E-state index contributed by atoms with van der Waals surface area (Å²) in [7, 11) is 0. The van der Waals surface area contributed by atoms with Gasteiger partial charge in [-0.05, 0) is 260 Å². The molecule has 20 rings (SSSR count). The van der Waals surface area contributed by atoms with Crippen molar-refractivity contribution in [3.05, 3.63) is 220 Å². The van der Waals surface area contributed by atoms with Gasteiger partial charge in [-0.25, -0.2) is 19.6 Å². The highest BCUT2D eigenvalue weighted by atomic mass is 35.5. The number of aliphatic carboxylic acids is 1. The lowest BCUT2D eigenvalue weighted by Crippen LogP contribution is -2.50. The molecule has 8 aliphatic heterocycles. The molecule has 3 amide bonds. The molecule has 0 radical (unpaired) electrons. The van der Waals surface area contributed by atoms with E-state index in [0.717, 1.165) is 57.2 Å². The maximum Gasteiger partial charge on any atom is 0.355 e. The molecule has 784 valence electrons. The van der Waals surface area contributed by atoms with E-state index in [9.17, 15) is 83.7 Å². The van der Waals surface area contributed by atoms with E-state index >= 15 is 0 Å². The zero-order chi connectivity index (χ0) is 104. The predicted molar refractivity (Wildman–Crippen MR) is 556 cm³/mol. The molecular weight excluding hydrogens is 1930 g/mol. The summed E-state index contributed by atoms with van der Waals surface area (Å²) in [5.41, 5.74) is 10.0. The van der Waals surface area contributed by atoms with Gasteiger partial charge in [0, 0.05) is 102 Å². The number of amides is 3. The second kappa shape index (κ2) is 44.2. The Kier molecular flexibility index (Phi) is 31.7. The first-order valence-electron chi connectivity index (χ1n) is 50.8. The van der Waals surface area contributed by atoms with Crippen LogP contribution in [0, 0.1) is 23.7 Å². The third kappa shape index (κ3) is 20.4. The Labute approximate surface area is 866 Å². The van der Waals surface area contributed by atoms with Gasteiger partial charge in [-0.3, -0.25) is 57.3 Å². The van der Waals surface area contributed by atoms with Crippen molar-refractivity contribution in [1.82, 2.24) is 79.3 Å². The summed E-state index contributed by atoms with van der Waals surface area (Å²) < 4.78 is 29.8. The molecule has 4 saturated heterocycles. The number of likely N-dealkylation sites (tertiary alicyclic amines) is 3. The first kappa shape index (κ1) is 107. The molecule has 6 aromatic carbocycles. The minimum absolute atomic E-state index is 0. The van der Waals surface area contributed by atoms with Crippen LogP contribution in [0.2, 0.25) is 0 Å². The summed E-state index contributed by atoms with van der Waals surface area (Å²) in [5.74, 6) is -4.68. The molecule has 4 fully saturated rings. The summed E-state index contributed by atoms with van der Waals surface area (Å²) in [6.45, 7) is 26.3. The van der Waals surface area contributed by atoms with Crippen LogP contribution in [0.25, 0.3) is 78.7 Å². The van der Waals surface area contributed by atoms with Gasteiger partial charge in [-0.15, -0.1) is 32.8 Å². The number of piperidine rings is 4.